The second-order valence-electron chi connectivity index (χ2n) is 7.44. The van der Waals surface area contributed by atoms with E-state index in [1.165, 1.54) is 13.2 Å². The number of nitrogens with one attached hydrogen (secondary N) is 1. The third-order valence-corrected chi connectivity index (χ3v) is 5.65. The van der Waals surface area contributed by atoms with Gasteiger partial charge in [0.05, 0.1) is 19.8 Å². The molecule has 1 heterocycles. The van der Waals surface area contributed by atoms with Crippen LogP contribution in [0.3, 0.4) is 0 Å². The van der Waals surface area contributed by atoms with Crippen molar-refractivity contribution in [3.63, 3.8) is 0 Å². The number of H-pyrrole nitrogens is 1. The van der Waals surface area contributed by atoms with Crippen LogP contribution >= 0.6 is 11.6 Å². The minimum absolute atomic E-state index is 0.177. The lowest BCUT2D eigenvalue weighted by molar-refractivity contribution is -0.137. The van der Waals surface area contributed by atoms with Gasteiger partial charge in [-0.2, -0.15) is 13.2 Å². The first-order valence-corrected chi connectivity index (χ1v) is 10.3. The first-order chi connectivity index (χ1) is 15.7. The molecule has 0 aliphatic rings. The van der Waals surface area contributed by atoms with Crippen molar-refractivity contribution in [2.75, 3.05) is 14.2 Å². The fraction of sp³-hybridized carbons (Fsp3) is 0.160. The zero-order valence-corrected chi connectivity index (χ0v) is 18.5. The van der Waals surface area contributed by atoms with Gasteiger partial charge >= 0.3 is 6.18 Å². The van der Waals surface area contributed by atoms with Gasteiger partial charge in [0.1, 0.15) is 11.5 Å². The minimum Gasteiger partial charge on any atom is -0.497 e. The van der Waals surface area contributed by atoms with Gasteiger partial charge in [-0.15, -0.1) is 0 Å². The maximum atomic E-state index is 13.5. The molecule has 4 rings (SSSR count). The highest BCUT2D eigenvalue weighted by Crippen LogP contribution is 2.40. The third-order valence-electron chi connectivity index (χ3n) is 5.41. The standard InChI is InChI=1S/C25H19ClF3NO3/c1-32-17-7-3-14(4-8-17)11-20-23(19-13-16(26)6-10-22(19)33-2)18-12-15(25(27,28)29)5-9-21(18)30-24(20)31/h3-10,12-13H,11H2,1-2H3,(H,30,31). The van der Waals surface area contributed by atoms with Crippen LogP contribution in [0.1, 0.15) is 16.7 Å². The maximum Gasteiger partial charge on any atom is 0.416 e. The summed E-state index contributed by atoms with van der Waals surface area (Å²) in [5.41, 5.74) is 0.916. The normalized spacial score (nSPS) is 11.6. The molecular weight excluding hydrogens is 455 g/mol. The van der Waals surface area contributed by atoms with Crippen LogP contribution in [0, 0.1) is 0 Å². The van der Waals surface area contributed by atoms with Crippen LogP contribution in [0.4, 0.5) is 13.2 Å². The number of rotatable bonds is 5. The number of aromatic amines is 1. The summed E-state index contributed by atoms with van der Waals surface area (Å²) < 4.78 is 51.2. The number of hydrogen-bond donors (Lipinski definition) is 1. The molecule has 4 aromatic rings. The number of hydrogen-bond acceptors (Lipinski definition) is 3. The number of halogens is 4. The molecule has 0 aliphatic heterocycles. The van der Waals surface area contributed by atoms with Crippen molar-refractivity contribution in [2.24, 2.45) is 0 Å². The van der Waals surface area contributed by atoms with E-state index in [9.17, 15) is 18.0 Å². The van der Waals surface area contributed by atoms with Crippen LogP contribution in [0.5, 0.6) is 11.5 Å². The lowest BCUT2D eigenvalue weighted by Crippen LogP contribution is -2.16. The van der Waals surface area contributed by atoms with Gasteiger partial charge in [-0.05, 0) is 54.1 Å². The lowest BCUT2D eigenvalue weighted by atomic mass is 9.91. The average Bonchev–Trinajstić information content (AvgIpc) is 2.79. The Bertz CT molecular complexity index is 1380. The summed E-state index contributed by atoms with van der Waals surface area (Å²) in [5, 5.41) is 0.607. The Morgan fingerprint density at radius 2 is 1.67 bits per heavy atom. The second-order valence-corrected chi connectivity index (χ2v) is 7.87. The highest BCUT2D eigenvalue weighted by Gasteiger charge is 2.31. The average molecular weight is 474 g/mol. The number of aromatic nitrogens is 1. The molecular formula is C25H19ClF3NO3. The number of methoxy groups -OCH3 is 2. The largest absolute Gasteiger partial charge is 0.497 e. The monoisotopic (exact) mass is 473 g/mol. The molecule has 0 spiro atoms. The number of pyridine rings is 1. The molecule has 8 heteroatoms. The zero-order chi connectivity index (χ0) is 23.8. The summed E-state index contributed by atoms with van der Waals surface area (Å²) in [5.74, 6) is 1.04. The van der Waals surface area contributed by atoms with E-state index in [1.54, 1.807) is 49.6 Å². The van der Waals surface area contributed by atoms with Crippen LogP contribution in [-0.2, 0) is 12.6 Å². The molecule has 0 radical (unpaired) electrons. The molecule has 1 aromatic heterocycles. The van der Waals surface area contributed by atoms with E-state index >= 15 is 0 Å². The SMILES string of the molecule is COc1ccc(Cc2c(-c3cc(Cl)ccc3OC)c3cc(C(F)(F)F)ccc3[nH]c2=O)cc1. The molecule has 0 saturated heterocycles. The van der Waals surface area contributed by atoms with Crippen molar-refractivity contribution in [3.05, 3.63) is 92.7 Å². The summed E-state index contributed by atoms with van der Waals surface area (Å²) >= 11 is 6.23. The Morgan fingerprint density at radius 3 is 2.30 bits per heavy atom. The Labute approximate surface area is 192 Å². The molecule has 0 amide bonds. The summed E-state index contributed by atoms with van der Waals surface area (Å²) in [6.07, 6.45) is -4.37. The maximum absolute atomic E-state index is 13.5. The van der Waals surface area contributed by atoms with Gasteiger partial charge in [-0.3, -0.25) is 4.79 Å². The fourth-order valence-electron chi connectivity index (χ4n) is 3.81. The lowest BCUT2D eigenvalue weighted by Gasteiger charge is -2.17. The molecule has 0 atom stereocenters. The van der Waals surface area contributed by atoms with Crippen LogP contribution in [-0.4, -0.2) is 19.2 Å². The van der Waals surface area contributed by atoms with Gasteiger partial charge in [0.2, 0.25) is 0 Å². The highest BCUT2D eigenvalue weighted by molar-refractivity contribution is 6.31. The van der Waals surface area contributed by atoms with Gasteiger partial charge in [-0.25, -0.2) is 0 Å². The smallest absolute Gasteiger partial charge is 0.416 e. The van der Waals surface area contributed by atoms with E-state index in [4.69, 9.17) is 21.1 Å². The molecule has 0 fully saturated rings. The third kappa shape index (κ3) is 4.54. The zero-order valence-electron chi connectivity index (χ0n) is 17.7. The predicted molar refractivity (Wildman–Crippen MR) is 122 cm³/mol. The topological polar surface area (TPSA) is 51.3 Å². The van der Waals surface area contributed by atoms with Crippen molar-refractivity contribution >= 4 is 22.5 Å². The van der Waals surface area contributed by atoms with E-state index in [0.717, 1.165) is 17.7 Å². The molecule has 0 bridgehead atoms. The summed E-state index contributed by atoms with van der Waals surface area (Å²) in [6.45, 7) is 0. The summed E-state index contributed by atoms with van der Waals surface area (Å²) in [7, 11) is 3.00. The Hall–Kier alpha value is -3.45. The van der Waals surface area contributed by atoms with E-state index in [1.807, 2.05) is 0 Å². The molecule has 4 nitrogen and oxygen atoms in total. The molecule has 1 N–H and O–H groups in total. The van der Waals surface area contributed by atoms with Crippen LogP contribution < -0.4 is 15.0 Å². The Morgan fingerprint density at radius 1 is 0.939 bits per heavy atom. The molecule has 0 unspecified atom stereocenters. The number of ether oxygens (including phenoxy) is 2. The summed E-state index contributed by atoms with van der Waals surface area (Å²) in [4.78, 5) is 15.9. The van der Waals surface area contributed by atoms with Crippen molar-refractivity contribution in [2.45, 2.75) is 12.6 Å². The number of fused-ring (bicyclic) bond motifs is 1. The van der Waals surface area contributed by atoms with Gasteiger partial charge in [0.15, 0.2) is 0 Å². The fourth-order valence-corrected chi connectivity index (χ4v) is 3.98. The van der Waals surface area contributed by atoms with Gasteiger partial charge in [0.25, 0.3) is 5.56 Å². The molecule has 170 valence electrons. The van der Waals surface area contributed by atoms with E-state index in [0.29, 0.717) is 33.2 Å². The number of benzene rings is 3. The van der Waals surface area contributed by atoms with Gasteiger partial charge in [-0.1, -0.05) is 23.7 Å². The Kier molecular flexibility index (Phi) is 6.08. The van der Waals surface area contributed by atoms with Crippen LogP contribution in [0.25, 0.3) is 22.0 Å². The first-order valence-electron chi connectivity index (χ1n) is 9.94. The summed E-state index contributed by atoms with van der Waals surface area (Å²) in [6, 6.07) is 15.2. The van der Waals surface area contributed by atoms with Crippen molar-refractivity contribution in [1.82, 2.24) is 4.98 Å². The van der Waals surface area contributed by atoms with E-state index in [-0.39, 0.29) is 17.3 Å². The van der Waals surface area contributed by atoms with Crippen molar-refractivity contribution < 1.29 is 22.6 Å². The quantitative estimate of drug-likeness (QED) is 0.361. The second kappa shape index (κ2) is 8.83. The van der Waals surface area contributed by atoms with Crippen LogP contribution in [0.2, 0.25) is 5.02 Å². The van der Waals surface area contributed by atoms with Gasteiger partial charge in [0, 0.05) is 39.0 Å². The number of alkyl halides is 3. The van der Waals surface area contributed by atoms with E-state index < -0.39 is 17.3 Å². The Balaban J connectivity index is 2.05. The molecule has 33 heavy (non-hydrogen) atoms. The van der Waals surface area contributed by atoms with Crippen molar-refractivity contribution in [1.29, 1.82) is 0 Å². The van der Waals surface area contributed by atoms with Crippen molar-refractivity contribution in [3.8, 4) is 22.6 Å². The first kappa shape index (κ1) is 22.7. The van der Waals surface area contributed by atoms with Crippen LogP contribution in [0.15, 0.2) is 65.5 Å². The molecule has 0 aliphatic carbocycles. The predicted octanol–water partition coefficient (Wildman–Crippen LogP) is 6.48. The molecule has 0 saturated carbocycles. The molecule has 3 aromatic carbocycles. The highest BCUT2D eigenvalue weighted by atomic mass is 35.5. The van der Waals surface area contributed by atoms with Gasteiger partial charge < -0.3 is 14.5 Å². The minimum atomic E-state index is -4.55. The van der Waals surface area contributed by atoms with E-state index in [2.05, 4.69) is 4.98 Å².